The number of nitrogens with zero attached hydrogens (tertiary/aromatic N) is 1. The number of fused-ring (bicyclic) bond motifs is 1. The fraction of sp³-hybridized carbons (Fsp3) is 0.462. The van der Waals surface area contributed by atoms with Crippen molar-refractivity contribution < 1.29 is 5.11 Å². The van der Waals surface area contributed by atoms with Crippen LogP contribution in [-0.4, -0.2) is 33.2 Å². The van der Waals surface area contributed by atoms with Gasteiger partial charge in [-0.1, -0.05) is 6.92 Å². The summed E-state index contributed by atoms with van der Waals surface area (Å²) in [6.07, 6.45) is 0.914. The summed E-state index contributed by atoms with van der Waals surface area (Å²) in [5.74, 6) is 3.37. The molecule has 4 N–H and O–H groups in total. The number of aromatic nitrogens is 2. The number of aryl methyl sites for hydroxylation is 1. The van der Waals surface area contributed by atoms with E-state index >= 15 is 0 Å². The van der Waals surface area contributed by atoms with Crippen LogP contribution in [-0.2, 0) is 6.42 Å². The molecule has 4 nitrogen and oxygen atoms in total. The van der Waals surface area contributed by atoms with E-state index in [-0.39, 0.29) is 6.61 Å². The summed E-state index contributed by atoms with van der Waals surface area (Å²) >= 11 is 1.85. The molecular formula is C13H19N3OS. The molecule has 1 aromatic heterocycles. The number of imidazole rings is 1. The van der Waals surface area contributed by atoms with Crippen molar-refractivity contribution >= 4 is 28.5 Å². The number of aliphatic hydroxyl groups excluding tert-OH is 1. The zero-order valence-electron chi connectivity index (χ0n) is 10.5. The molecule has 0 spiro atoms. The molecule has 18 heavy (non-hydrogen) atoms. The number of benzene rings is 1. The molecule has 0 saturated heterocycles. The monoisotopic (exact) mass is 265 g/mol. The smallest absolute Gasteiger partial charge is 0.108 e. The fourth-order valence-corrected chi connectivity index (χ4v) is 2.72. The van der Waals surface area contributed by atoms with Gasteiger partial charge >= 0.3 is 0 Å². The topological polar surface area (TPSA) is 74.9 Å². The van der Waals surface area contributed by atoms with Gasteiger partial charge in [-0.15, -0.1) is 0 Å². The molecule has 1 atom stereocenters. The molecule has 2 aromatic rings. The molecule has 0 aliphatic carbocycles. The van der Waals surface area contributed by atoms with Gasteiger partial charge < -0.3 is 15.8 Å². The van der Waals surface area contributed by atoms with E-state index in [1.54, 1.807) is 0 Å². The average Bonchev–Trinajstić information content (AvgIpc) is 2.76. The third-order valence-electron chi connectivity index (χ3n) is 2.75. The Morgan fingerprint density at radius 2 is 2.33 bits per heavy atom. The molecule has 2 rings (SSSR count). The molecule has 1 unspecified atom stereocenters. The Labute approximate surface area is 111 Å². The molecule has 1 aromatic carbocycles. The van der Waals surface area contributed by atoms with Gasteiger partial charge in [0.1, 0.15) is 5.82 Å². The number of thioether (sulfide) groups is 1. The highest BCUT2D eigenvalue weighted by Gasteiger charge is 2.04. The normalized spacial score (nSPS) is 13.0. The highest BCUT2D eigenvalue weighted by atomic mass is 32.2. The number of nitrogens with two attached hydrogens (primary N) is 1. The highest BCUT2D eigenvalue weighted by Crippen LogP contribution is 2.16. The number of hydrogen-bond acceptors (Lipinski definition) is 4. The lowest BCUT2D eigenvalue weighted by Crippen LogP contribution is -2.04. The first kappa shape index (κ1) is 13.2. The molecule has 98 valence electrons. The van der Waals surface area contributed by atoms with E-state index in [2.05, 4.69) is 16.9 Å². The molecule has 0 saturated carbocycles. The van der Waals surface area contributed by atoms with Crippen LogP contribution in [0.3, 0.4) is 0 Å². The van der Waals surface area contributed by atoms with Crippen molar-refractivity contribution in [2.24, 2.45) is 5.92 Å². The minimum absolute atomic E-state index is 0.261. The minimum Gasteiger partial charge on any atom is -0.399 e. The van der Waals surface area contributed by atoms with Crippen LogP contribution in [0, 0.1) is 5.92 Å². The lowest BCUT2D eigenvalue weighted by atomic mass is 10.2. The van der Waals surface area contributed by atoms with Crippen LogP contribution in [0.25, 0.3) is 11.0 Å². The van der Waals surface area contributed by atoms with Gasteiger partial charge in [0.25, 0.3) is 0 Å². The Morgan fingerprint density at radius 1 is 1.50 bits per heavy atom. The molecule has 0 radical (unpaired) electrons. The van der Waals surface area contributed by atoms with Gasteiger partial charge in [0.15, 0.2) is 0 Å². The number of hydrogen-bond donors (Lipinski definition) is 3. The summed E-state index contributed by atoms with van der Waals surface area (Å²) in [5.41, 5.74) is 8.45. The van der Waals surface area contributed by atoms with Crippen LogP contribution in [0.2, 0.25) is 0 Å². The van der Waals surface area contributed by atoms with Gasteiger partial charge in [0.05, 0.1) is 11.0 Å². The van der Waals surface area contributed by atoms with Crippen LogP contribution in [0.1, 0.15) is 12.7 Å². The average molecular weight is 265 g/mol. The van der Waals surface area contributed by atoms with E-state index < -0.39 is 0 Å². The second-order valence-electron chi connectivity index (χ2n) is 4.57. The number of rotatable bonds is 6. The van der Waals surface area contributed by atoms with Crippen molar-refractivity contribution in [1.82, 2.24) is 9.97 Å². The van der Waals surface area contributed by atoms with E-state index in [0.29, 0.717) is 5.92 Å². The van der Waals surface area contributed by atoms with Gasteiger partial charge in [-0.3, -0.25) is 0 Å². The summed E-state index contributed by atoms with van der Waals surface area (Å²) < 4.78 is 0. The number of nitrogen functional groups attached to an aromatic ring is 1. The summed E-state index contributed by atoms with van der Waals surface area (Å²) in [6.45, 7) is 2.31. The Hall–Kier alpha value is -1.20. The summed E-state index contributed by atoms with van der Waals surface area (Å²) in [7, 11) is 0. The number of nitrogens with one attached hydrogen (secondary N) is 1. The predicted octanol–water partition coefficient (Wildman–Crippen LogP) is 2.05. The number of aliphatic hydroxyl groups is 1. The van der Waals surface area contributed by atoms with Crippen LogP contribution < -0.4 is 5.73 Å². The van der Waals surface area contributed by atoms with E-state index in [4.69, 9.17) is 10.8 Å². The molecule has 0 amide bonds. The van der Waals surface area contributed by atoms with Crippen molar-refractivity contribution in [3.63, 3.8) is 0 Å². The van der Waals surface area contributed by atoms with Crippen LogP contribution in [0.15, 0.2) is 18.2 Å². The van der Waals surface area contributed by atoms with Crippen molar-refractivity contribution in [2.45, 2.75) is 13.3 Å². The van der Waals surface area contributed by atoms with Gasteiger partial charge in [-0.05, 0) is 29.9 Å². The molecule has 1 heterocycles. The highest BCUT2D eigenvalue weighted by molar-refractivity contribution is 7.99. The Bertz CT molecular complexity index is 512. The number of aromatic amines is 1. The maximum absolute atomic E-state index is 8.93. The summed E-state index contributed by atoms with van der Waals surface area (Å²) in [4.78, 5) is 7.80. The second-order valence-corrected chi connectivity index (χ2v) is 5.72. The Kier molecular flexibility index (Phi) is 4.49. The molecular weight excluding hydrogens is 246 g/mol. The van der Waals surface area contributed by atoms with Crippen LogP contribution in [0.4, 0.5) is 5.69 Å². The van der Waals surface area contributed by atoms with Gasteiger partial charge in [0.2, 0.25) is 0 Å². The second kappa shape index (κ2) is 6.11. The number of H-pyrrole nitrogens is 1. The Morgan fingerprint density at radius 3 is 3.11 bits per heavy atom. The SMILES string of the molecule is CC(CO)CSCCc1nc2ccc(N)cc2[nH]1. The molecule has 0 aliphatic rings. The molecule has 0 aliphatic heterocycles. The molecule has 0 fully saturated rings. The third-order valence-corrected chi connectivity index (χ3v) is 4.05. The van der Waals surface area contributed by atoms with Gasteiger partial charge in [0, 0.05) is 24.5 Å². The first-order valence-electron chi connectivity index (χ1n) is 6.11. The first-order chi connectivity index (χ1) is 8.69. The van der Waals surface area contributed by atoms with Gasteiger partial charge in [-0.25, -0.2) is 4.98 Å². The van der Waals surface area contributed by atoms with Crippen molar-refractivity contribution in [2.75, 3.05) is 23.8 Å². The van der Waals surface area contributed by atoms with Crippen LogP contribution >= 0.6 is 11.8 Å². The zero-order chi connectivity index (χ0) is 13.0. The molecule has 0 bridgehead atoms. The number of anilines is 1. The van der Waals surface area contributed by atoms with E-state index in [1.807, 2.05) is 30.0 Å². The predicted molar refractivity (Wildman–Crippen MR) is 77.8 cm³/mol. The van der Waals surface area contributed by atoms with Crippen molar-refractivity contribution in [3.8, 4) is 0 Å². The minimum atomic E-state index is 0.261. The molecule has 5 heteroatoms. The van der Waals surface area contributed by atoms with E-state index in [0.717, 1.165) is 40.5 Å². The summed E-state index contributed by atoms with van der Waals surface area (Å²) in [5, 5.41) is 8.93. The quantitative estimate of drug-likeness (QED) is 0.552. The first-order valence-corrected chi connectivity index (χ1v) is 7.27. The third kappa shape index (κ3) is 3.40. The largest absolute Gasteiger partial charge is 0.399 e. The fourth-order valence-electron chi connectivity index (χ4n) is 1.70. The van der Waals surface area contributed by atoms with E-state index in [1.165, 1.54) is 0 Å². The standard InChI is InChI=1S/C13H19N3OS/c1-9(7-17)8-18-5-4-13-15-11-3-2-10(14)6-12(11)16-13/h2-3,6,9,17H,4-5,7-8,14H2,1H3,(H,15,16). The maximum atomic E-state index is 8.93. The van der Waals surface area contributed by atoms with Gasteiger partial charge in [-0.2, -0.15) is 11.8 Å². The zero-order valence-corrected chi connectivity index (χ0v) is 11.3. The maximum Gasteiger partial charge on any atom is 0.108 e. The lowest BCUT2D eigenvalue weighted by molar-refractivity contribution is 0.250. The van der Waals surface area contributed by atoms with E-state index in [9.17, 15) is 0 Å². The van der Waals surface area contributed by atoms with Crippen molar-refractivity contribution in [3.05, 3.63) is 24.0 Å². The Balaban J connectivity index is 1.88. The lowest BCUT2D eigenvalue weighted by Gasteiger charge is -2.05. The van der Waals surface area contributed by atoms with Crippen LogP contribution in [0.5, 0.6) is 0 Å². The summed E-state index contributed by atoms with van der Waals surface area (Å²) in [6, 6.07) is 5.71. The van der Waals surface area contributed by atoms with Crippen molar-refractivity contribution in [1.29, 1.82) is 0 Å².